The summed E-state index contributed by atoms with van der Waals surface area (Å²) in [7, 11) is 3.69. The Balaban J connectivity index is 1.23. The molecule has 166 valence electrons. The summed E-state index contributed by atoms with van der Waals surface area (Å²) in [4.78, 5) is 15.1. The predicted molar refractivity (Wildman–Crippen MR) is 125 cm³/mol. The maximum Gasteiger partial charge on any atom is 0.251 e. The smallest absolute Gasteiger partial charge is 0.251 e. The van der Waals surface area contributed by atoms with Gasteiger partial charge in [-0.25, -0.2) is 0 Å². The largest absolute Gasteiger partial charge is 0.497 e. The maximum absolute atomic E-state index is 12.6. The number of aromatic nitrogens is 2. The first-order valence-corrected chi connectivity index (χ1v) is 11.4. The van der Waals surface area contributed by atoms with E-state index in [9.17, 15) is 4.79 Å². The summed E-state index contributed by atoms with van der Waals surface area (Å²) < 4.78 is 7.24. The zero-order chi connectivity index (χ0) is 22.1. The van der Waals surface area contributed by atoms with E-state index in [1.165, 1.54) is 12.1 Å². The molecule has 0 aliphatic carbocycles. The first kappa shape index (κ1) is 20.8. The van der Waals surface area contributed by atoms with Gasteiger partial charge in [-0.1, -0.05) is 30.3 Å². The van der Waals surface area contributed by atoms with Crippen molar-refractivity contribution in [2.45, 2.75) is 24.8 Å². The molecule has 6 nitrogen and oxygen atoms in total. The molecule has 6 rings (SSSR count). The van der Waals surface area contributed by atoms with Gasteiger partial charge in [-0.2, -0.15) is 5.10 Å². The summed E-state index contributed by atoms with van der Waals surface area (Å²) in [5.74, 6) is 1.86. The van der Waals surface area contributed by atoms with Gasteiger partial charge in [-0.05, 0) is 55.6 Å². The second kappa shape index (κ2) is 8.79. The van der Waals surface area contributed by atoms with E-state index in [1.54, 1.807) is 7.11 Å². The van der Waals surface area contributed by atoms with Crippen LogP contribution in [-0.2, 0) is 7.05 Å². The number of piperidine rings is 3. The lowest BCUT2D eigenvalue weighted by molar-refractivity contribution is 0.0280. The van der Waals surface area contributed by atoms with Gasteiger partial charge in [0.05, 0.1) is 12.8 Å². The molecule has 0 radical (unpaired) electrons. The number of rotatable bonds is 6. The van der Waals surface area contributed by atoms with E-state index in [2.05, 4.69) is 52.3 Å². The van der Waals surface area contributed by atoms with E-state index < -0.39 is 0 Å². The van der Waals surface area contributed by atoms with Gasteiger partial charge in [0, 0.05) is 48.9 Å². The Kier molecular flexibility index (Phi) is 5.70. The zero-order valence-electron chi connectivity index (χ0n) is 18.7. The summed E-state index contributed by atoms with van der Waals surface area (Å²) in [5, 5.41) is 7.94. The van der Waals surface area contributed by atoms with Gasteiger partial charge in [-0.15, -0.1) is 0 Å². The van der Waals surface area contributed by atoms with Crippen LogP contribution in [0.4, 0.5) is 0 Å². The van der Waals surface area contributed by atoms with Gasteiger partial charge in [0.25, 0.3) is 5.91 Å². The molecule has 3 aliphatic heterocycles. The highest BCUT2D eigenvalue weighted by Gasteiger charge is 2.41. The van der Waals surface area contributed by atoms with Gasteiger partial charge in [-0.3, -0.25) is 14.4 Å². The number of hydrogen-bond donors (Lipinski definition) is 1. The van der Waals surface area contributed by atoms with Crippen molar-refractivity contribution in [1.82, 2.24) is 20.0 Å². The molecular formula is C26H30N4O2. The van der Waals surface area contributed by atoms with E-state index in [1.807, 2.05) is 30.3 Å². The minimum atomic E-state index is -0.0222. The van der Waals surface area contributed by atoms with Crippen molar-refractivity contribution in [2.24, 2.45) is 13.0 Å². The number of methoxy groups -OCH3 is 1. The van der Waals surface area contributed by atoms with Gasteiger partial charge in [0.15, 0.2) is 0 Å². The van der Waals surface area contributed by atoms with Gasteiger partial charge in [0.1, 0.15) is 5.75 Å². The van der Waals surface area contributed by atoms with Crippen LogP contribution in [0.25, 0.3) is 11.3 Å². The van der Waals surface area contributed by atoms with Crippen LogP contribution in [-0.4, -0.2) is 53.4 Å². The van der Waals surface area contributed by atoms with Crippen molar-refractivity contribution in [3.05, 3.63) is 71.9 Å². The molecule has 0 saturated carbocycles. The minimum absolute atomic E-state index is 0.0222. The molecule has 0 spiro atoms. The Morgan fingerprint density at radius 3 is 2.62 bits per heavy atom. The highest BCUT2D eigenvalue weighted by Crippen LogP contribution is 2.42. The van der Waals surface area contributed by atoms with Crippen molar-refractivity contribution in [3.63, 3.8) is 0 Å². The third-order valence-electron chi connectivity index (χ3n) is 7.09. The Bertz CT molecular complexity index is 1080. The Morgan fingerprint density at radius 1 is 1.16 bits per heavy atom. The lowest BCUT2D eigenvalue weighted by Gasteiger charge is -2.50. The van der Waals surface area contributed by atoms with Gasteiger partial charge in [0.2, 0.25) is 0 Å². The molecule has 2 bridgehead atoms. The van der Waals surface area contributed by atoms with Gasteiger partial charge < -0.3 is 10.1 Å². The number of ether oxygens (including phenoxy) is 1. The molecule has 1 aromatic heterocycles. The fraction of sp³-hybridized carbons (Fsp3) is 0.385. The minimum Gasteiger partial charge on any atom is -0.497 e. The fourth-order valence-corrected chi connectivity index (χ4v) is 5.32. The van der Waals surface area contributed by atoms with Crippen molar-refractivity contribution in [3.8, 4) is 17.0 Å². The number of aryl methyl sites for hydroxylation is 1. The van der Waals surface area contributed by atoms with E-state index in [4.69, 9.17) is 9.84 Å². The molecule has 6 heteroatoms. The highest BCUT2D eigenvalue weighted by molar-refractivity contribution is 5.94. The standard InChI is InChI=1S/C26H30N4O2/c1-29-25(15-24(28-29)18-6-4-3-5-7-18)23-17-30-13-12-20(23)14-21(30)16-27-26(31)19-8-10-22(32-2)11-9-19/h3-11,15,20-21,23H,12-14,16-17H2,1-2H3,(H,27,31). The number of fused-ring (bicyclic) bond motifs is 3. The summed E-state index contributed by atoms with van der Waals surface area (Å²) in [5.41, 5.74) is 4.19. The second-order valence-electron chi connectivity index (χ2n) is 8.92. The Morgan fingerprint density at radius 2 is 1.94 bits per heavy atom. The molecule has 3 aromatic rings. The van der Waals surface area contributed by atoms with Crippen LogP contribution in [0.2, 0.25) is 0 Å². The average molecular weight is 431 g/mol. The number of nitrogens with zero attached hydrogens (tertiary/aromatic N) is 3. The normalized spacial score (nSPS) is 24.3. The number of amides is 1. The third kappa shape index (κ3) is 4.02. The maximum atomic E-state index is 12.6. The van der Waals surface area contributed by atoms with Crippen LogP contribution in [0.1, 0.15) is 34.8 Å². The van der Waals surface area contributed by atoms with Gasteiger partial charge >= 0.3 is 0 Å². The number of nitrogens with one attached hydrogen (secondary N) is 1. The topological polar surface area (TPSA) is 59.4 Å². The molecule has 4 heterocycles. The lowest BCUT2D eigenvalue weighted by atomic mass is 9.74. The first-order valence-electron chi connectivity index (χ1n) is 11.4. The van der Waals surface area contributed by atoms with Crippen LogP contribution in [0, 0.1) is 5.92 Å². The molecule has 3 fully saturated rings. The molecular weight excluding hydrogens is 400 g/mol. The Labute approximate surface area is 189 Å². The molecule has 1 N–H and O–H groups in total. The summed E-state index contributed by atoms with van der Waals surface area (Å²) in [6.07, 6.45) is 2.32. The van der Waals surface area contributed by atoms with Crippen LogP contribution in [0.3, 0.4) is 0 Å². The quantitative estimate of drug-likeness (QED) is 0.648. The van der Waals surface area contributed by atoms with E-state index >= 15 is 0 Å². The average Bonchev–Trinajstić information content (AvgIpc) is 3.25. The van der Waals surface area contributed by atoms with Crippen LogP contribution < -0.4 is 10.1 Å². The SMILES string of the molecule is COc1ccc(C(=O)NCC2CC3CCN2CC3c2cc(-c3ccccc3)nn2C)cc1. The molecule has 4 unspecified atom stereocenters. The van der Waals surface area contributed by atoms with Crippen LogP contribution in [0.15, 0.2) is 60.7 Å². The first-order chi connectivity index (χ1) is 15.6. The van der Waals surface area contributed by atoms with E-state index in [0.29, 0.717) is 30.0 Å². The van der Waals surface area contributed by atoms with Crippen LogP contribution >= 0.6 is 0 Å². The highest BCUT2D eigenvalue weighted by atomic mass is 16.5. The van der Waals surface area contributed by atoms with E-state index in [0.717, 1.165) is 36.5 Å². The summed E-state index contributed by atoms with van der Waals surface area (Å²) >= 11 is 0. The van der Waals surface area contributed by atoms with Crippen molar-refractivity contribution < 1.29 is 9.53 Å². The Hall–Kier alpha value is -3.12. The molecule has 32 heavy (non-hydrogen) atoms. The number of carbonyl (C=O) groups excluding carboxylic acids is 1. The monoisotopic (exact) mass is 430 g/mol. The summed E-state index contributed by atoms with van der Waals surface area (Å²) in [6.45, 7) is 2.82. The van der Waals surface area contributed by atoms with Crippen LogP contribution in [0.5, 0.6) is 5.75 Å². The number of carbonyl (C=O) groups is 1. The van der Waals surface area contributed by atoms with Crippen molar-refractivity contribution in [1.29, 1.82) is 0 Å². The molecule has 4 atom stereocenters. The third-order valence-corrected chi connectivity index (χ3v) is 7.09. The molecule has 1 amide bonds. The molecule has 3 saturated heterocycles. The molecule has 3 aliphatic rings. The molecule has 2 aromatic carbocycles. The number of benzene rings is 2. The predicted octanol–water partition coefficient (Wildman–Crippen LogP) is 3.70. The van der Waals surface area contributed by atoms with E-state index in [-0.39, 0.29) is 5.91 Å². The fourth-order valence-electron chi connectivity index (χ4n) is 5.32. The second-order valence-corrected chi connectivity index (χ2v) is 8.92. The number of hydrogen-bond acceptors (Lipinski definition) is 4. The van der Waals surface area contributed by atoms with Crippen molar-refractivity contribution in [2.75, 3.05) is 26.7 Å². The summed E-state index contributed by atoms with van der Waals surface area (Å²) in [6, 6.07) is 20.3. The lowest BCUT2D eigenvalue weighted by Crippen LogP contribution is -2.56. The van der Waals surface area contributed by atoms with Crippen molar-refractivity contribution >= 4 is 5.91 Å². The zero-order valence-corrected chi connectivity index (χ0v) is 18.7.